The first kappa shape index (κ1) is 17.3. The second-order valence-electron chi connectivity index (χ2n) is 6.69. The number of ether oxygens (including phenoxy) is 1. The van der Waals surface area contributed by atoms with Gasteiger partial charge in [-0.2, -0.15) is 0 Å². The maximum Gasteiger partial charge on any atom is 0.227 e. The van der Waals surface area contributed by atoms with Gasteiger partial charge in [0.25, 0.3) is 0 Å². The van der Waals surface area contributed by atoms with Gasteiger partial charge in [-0.3, -0.25) is 4.79 Å². The molecule has 0 spiro atoms. The number of carbonyl (C=O) groups is 1. The molecule has 1 aliphatic rings. The number of rotatable bonds is 6. The van der Waals surface area contributed by atoms with E-state index in [2.05, 4.69) is 17.2 Å². The highest BCUT2D eigenvalue weighted by Gasteiger charge is 2.34. The standard InChI is InChI=1S/C22H23N3O2/c1-3-13-24-20-8-6-5-7-19(20)23-22(24)16-14-21(26)25(15-16)17-9-11-18(12-10-17)27-4-2/h3,5-12,16H,1,4,13-15H2,2H3/t16-/m1/s1. The topological polar surface area (TPSA) is 47.4 Å². The summed E-state index contributed by atoms with van der Waals surface area (Å²) in [5.74, 6) is 1.97. The maximum absolute atomic E-state index is 12.7. The summed E-state index contributed by atoms with van der Waals surface area (Å²) in [7, 11) is 0. The molecule has 1 fully saturated rings. The Hall–Kier alpha value is -3.08. The summed E-state index contributed by atoms with van der Waals surface area (Å²) in [5, 5.41) is 0. The number of imidazole rings is 1. The molecule has 1 amide bonds. The maximum atomic E-state index is 12.7. The number of anilines is 1. The van der Waals surface area contributed by atoms with Crippen LogP contribution in [0.2, 0.25) is 0 Å². The van der Waals surface area contributed by atoms with E-state index in [1.54, 1.807) is 0 Å². The molecular formula is C22H23N3O2. The quantitative estimate of drug-likeness (QED) is 0.620. The number of para-hydroxylation sites is 2. The van der Waals surface area contributed by atoms with Crippen LogP contribution >= 0.6 is 0 Å². The molecule has 1 saturated heterocycles. The van der Waals surface area contributed by atoms with E-state index >= 15 is 0 Å². The number of hydrogen-bond donors (Lipinski definition) is 0. The first-order valence-electron chi connectivity index (χ1n) is 9.30. The molecule has 4 rings (SSSR count). The van der Waals surface area contributed by atoms with E-state index in [1.165, 1.54) is 0 Å². The lowest BCUT2D eigenvalue weighted by Crippen LogP contribution is -2.24. The van der Waals surface area contributed by atoms with Crippen molar-refractivity contribution in [3.63, 3.8) is 0 Å². The van der Waals surface area contributed by atoms with Crippen LogP contribution in [0, 0.1) is 0 Å². The fourth-order valence-corrected chi connectivity index (χ4v) is 3.75. The summed E-state index contributed by atoms with van der Waals surface area (Å²) in [6, 6.07) is 15.8. The van der Waals surface area contributed by atoms with Crippen LogP contribution in [0.25, 0.3) is 11.0 Å². The van der Waals surface area contributed by atoms with E-state index in [0.29, 0.717) is 26.1 Å². The molecule has 1 atom stereocenters. The molecular weight excluding hydrogens is 338 g/mol. The molecule has 1 aliphatic heterocycles. The summed E-state index contributed by atoms with van der Waals surface area (Å²) >= 11 is 0. The van der Waals surface area contributed by atoms with E-state index in [4.69, 9.17) is 9.72 Å². The lowest BCUT2D eigenvalue weighted by atomic mass is 10.1. The minimum absolute atomic E-state index is 0.0661. The monoisotopic (exact) mass is 361 g/mol. The van der Waals surface area contributed by atoms with Crippen LogP contribution in [0.5, 0.6) is 5.75 Å². The van der Waals surface area contributed by atoms with E-state index in [0.717, 1.165) is 28.3 Å². The molecule has 0 N–H and O–H groups in total. The zero-order valence-electron chi connectivity index (χ0n) is 15.5. The molecule has 5 nitrogen and oxygen atoms in total. The van der Waals surface area contributed by atoms with Gasteiger partial charge in [0.1, 0.15) is 11.6 Å². The Bertz CT molecular complexity index is 975. The number of nitrogens with zero attached hydrogens (tertiary/aromatic N) is 3. The van der Waals surface area contributed by atoms with Crippen molar-refractivity contribution in [3.05, 3.63) is 67.0 Å². The molecule has 5 heteroatoms. The summed E-state index contributed by atoms with van der Waals surface area (Å²) in [5.41, 5.74) is 2.94. The van der Waals surface area contributed by atoms with Gasteiger partial charge >= 0.3 is 0 Å². The summed E-state index contributed by atoms with van der Waals surface area (Å²) in [6.07, 6.45) is 2.34. The van der Waals surface area contributed by atoms with E-state index in [1.807, 2.05) is 60.4 Å². The molecule has 3 aromatic rings. The van der Waals surface area contributed by atoms with Gasteiger partial charge in [-0.15, -0.1) is 6.58 Å². The van der Waals surface area contributed by atoms with Gasteiger partial charge < -0.3 is 14.2 Å². The van der Waals surface area contributed by atoms with Crippen molar-refractivity contribution in [3.8, 4) is 5.75 Å². The van der Waals surface area contributed by atoms with Crippen LogP contribution in [-0.4, -0.2) is 28.6 Å². The highest BCUT2D eigenvalue weighted by Crippen LogP contribution is 2.33. The van der Waals surface area contributed by atoms with Gasteiger partial charge in [0.2, 0.25) is 5.91 Å². The SMILES string of the molecule is C=CCn1c([C@@H]2CC(=O)N(c3ccc(OCC)cc3)C2)nc2ccccc21. The third-order valence-corrected chi connectivity index (χ3v) is 4.95. The molecule has 27 heavy (non-hydrogen) atoms. The van der Waals surface area contributed by atoms with Crippen molar-refractivity contribution in [1.82, 2.24) is 9.55 Å². The van der Waals surface area contributed by atoms with Gasteiger partial charge in [0, 0.05) is 31.1 Å². The fourth-order valence-electron chi connectivity index (χ4n) is 3.75. The van der Waals surface area contributed by atoms with Crippen molar-refractivity contribution in [2.45, 2.75) is 25.8 Å². The number of allylic oxidation sites excluding steroid dienone is 1. The lowest BCUT2D eigenvalue weighted by Gasteiger charge is -2.17. The molecule has 2 aromatic carbocycles. The molecule has 138 valence electrons. The van der Waals surface area contributed by atoms with Crippen molar-refractivity contribution >= 4 is 22.6 Å². The smallest absolute Gasteiger partial charge is 0.227 e. The minimum atomic E-state index is 0.0661. The summed E-state index contributed by atoms with van der Waals surface area (Å²) in [4.78, 5) is 19.4. The normalized spacial score (nSPS) is 16.9. The largest absolute Gasteiger partial charge is 0.494 e. The molecule has 0 aliphatic carbocycles. The predicted molar refractivity (Wildman–Crippen MR) is 107 cm³/mol. The number of fused-ring (bicyclic) bond motifs is 1. The van der Waals surface area contributed by atoms with Crippen molar-refractivity contribution < 1.29 is 9.53 Å². The molecule has 1 aromatic heterocycles. The molecule has 0 unspecified atom stereocenters. The third kappa shape index (κ3) is 3.21. The molecule has 2 heterocycles. The van der Waals surface area contributed by atoms with Gasteiger partial charge in [-0.05, 0) is 43.3 Å². The van der Waals surface area contributed by atoms with Crippen LogP contribution < -0.4 is 9.64 Å². The molecule has 0 radical (unpaired) electrons. The van der Waals surface area contributed by atoms with Crippen molar-refractivity contribution in [2.75, 3.05) is 18.1 Å². The van der Waals surface area contributed by atoms with Crippen LogP contribution in [0.1, 0.15) is 25.1 Å². The second kappa shape index (κ2) is 7.27. The van der Waals surface area contributed by atoms with E-state index in [9.17, 15) is 4.79 Å². The second-order valence-corrected chi connectivity index (χ2v) is 6.69. The predicted octanol–water partition coefficient (Wildman–Crippen LogP) is 4.14. The number of benzene rings is 2. The van der Waals surface area contributed by atoms with Crippen molar-refractivity contribution in [1.29, 1.82) is 0 Å². The summed E-state index contributed by atoms with van der Waals surface area (Å²) in [6.45, 7) is 7.77. The van der Waals surface area contributed by atoms with Crippen LogP contribution in [-0.2, 0) is 11.3 Å². The zero-order chi connectivity index (χ0) is 18.8. The van der Waals surface area contributed by atoms with Crippen LogP contribution in [0.4, 0.5) is 5.69 Å². The van der Waals surface area contributed by atoms with E-state index in [-0.39, 0.29) is 11.8 Å². The Morgan fingerprint density at radius 1 is 1.22 bits per heavy atom. The number of hydrogen-bond acceptors (Lipinski definition) is 3. The van der Waals surface area contributed by atoms with E-state index < -0.39 is 0 Å². The number of aromatic nitrogens is 2. The van der Waals surface area contributed by atoms with Gasteiger partial charge in [-0.25, -0.2) is 4.98 Å². The highest BCUT2D eigenvalue weighted by atomic mass is 16.5. The van der Waals surface area contributed by atoms with Gasteiger partial charge in [0.15, 0.2) is 0 Å². The average molecular weight is 361 g/mol. The molecule has 0 bridgehead atoms. The first-order chi connectivity index (χ1) is 13.2. The van der Waals surface area contributed by atoms with Gasteiger partial charge in [0.05, 0.1) is 17.6 Å². The zero-order valence-corrected chi connectivity index (χ0v) is 15.5. The number of carbonyl (C=O) groups excluding carboxylic acids is 1. The van der Waals surface area contributed by atoms with Crippen LogP contribution in [0.3, 0.4) is 0 Å². The fraction of sp³-hybridized carbons (Fsp3) is 0.273. The molecule has 0 saturated carbocycles. The van der Waals surface area contributed by atoms with Gasteiger partial charge in [-0.1, -0.05) is 18.2 Å². The van der Waals surface area contributed by atoms with Crippen molar-refractivity contribution in [2.24, 2.45) is 0 Å². The Morgan fingerprint density at radius 3 is 2.74 bits per heavy atom. The minimum Gasteiger partial charge on any atom is -0.494 e. The third-order valence-electron chi connectivity index (χ3n) is 4.95. The Kier molecular flexibility index (Phi) is 4.67. The number of amides is 1. The Balaban J connectivity index is 1.63. The van der Waals surface area contributed by atoms with Crippen LogP contribution in [0.15, 0.2) is 61.2 Å². The average Bonchev–Trinajstić information content (AvgIpc) is 3.24. The lowest BCUT2D eigenvalue weighted by molar-refractivity contribution is -0.117. The Morgan fingerprint density at radius 2 is 2.00 bits per heavy atom. The summed E-state index contributed by atoms with van der Waals surface area (Å²) < 4.78 is 7.66. The Labute approximate surface area is 158 Å². The highest BCUT2D eigenvalue weighted by molar-refractivity contribution is 5.96. The first-order valence-corrected chi connectivity index (χ1v) is 9.30.